The first-order valence-electron chi connectivity index (χ1n) is 5.25. The third-order valence-electron chi connectivity index (χ3n) is 2.16. The molecule has 86 valence electrons. The maximum absolute atomic E-state index is 9.74. The minimum atomic E-state index is -0.368. The van der Waals surface area contributed by atoms with E-state index in [1.165, 1.54) is 0 Å². The Morgan fingerprint density at radius 2 is 2.40 bits per heavy atom. The van der Waals surface area contributed by atoms with Crippen LogP contribution in [0, 0.1) is 0 Å². The lowest BCUT2D eigenvalue weighted by atomic mass is 10.2. The second-order valence-corrected chi connectivity index (χ2v) is 4.41. The van der Waals surface area contributed by atoms with Crippen molar-refractivity contribution in [1.82, 2.24) is 5.32 Å². The number of aliphatic hydroxyl groups is 1. The molecule has 15 heavy (non-hydrogen) atoms. The number of aliphatic hydroxyl groups excluding tert-OH is 1. The van der Waals surface area contributed by atoms with E-state index in [2.05, 4.69) is 5.32 Å². The highest BCUT2D eigenvalue weighted by Crippen LogP contribution is 2.17. The van der Waals surface area contributed by atoms with Crippen LogP contribution >= 0.6 is 11.3 Å². The Kier molecular flexibility index (Phi) is 6.59. The first kappa shape index (κ1) is 12.6. The van der Waals surface area contributed by atoms with Crippen molar-refractivity contribution in [2.24, 2.45) is 0 Å². The van der Waals surface area contributed by atoms with Gasteiger partial charge in [0.25, 0.3) is 0 Å². The summed E-state index contributed by atoms with van der Waals surface area (Å²) >= 11 is 1.59. The SMILES string of the molecule is COCCCCNCC(O)c1cccs1. The largest absolute Gasteiger partial charge is 0.386 e. The van der Waals surface area contributed by atoms with Crippen LogP contribution in [0.4, 0.5) is 0 Å². The van der Waals surface area contributed by atoms with Crippen LogP contribution in [0.1, 0.15) is 23.8 Å². The van der Waals surface area contributed by atoms with E-state index in [0.717, 1.165) is 30.9 Å². The number of methoxy groups -OCH3 is 1. The van der Waals surface area contributed by atoms with Crippen molar-refractivity contribution in [3.8, 4) is 0 Å². The van der Waals surface area contributed by atoms with E-state index in [-0.39, 0.29) is 6.10 Å². The van der Waals surface area contributed by atoms with E-state index < -0.39 is 0 Å². The van der Waals surface area contributed by atoms with Crippen molar-refractivity contribution >= 4 is 11.3 Å². The molecule has 0 fully saturated rings. The maximum Gasteiger partial charge on any atom is 0.101 e. The second kappa shape index (κ2) is 7.82. The number of unbranched alkanes of at least 4 members (excludes halogenated alkanes) is 1. The predicted octanol–water partition coefficient (Wildman–Crippen LogP) is 1.80. The summed E-state index contributed by atoms with van der Waals surface area (Å²) in [7, 11) is 1.72. The van der Waals surface area contributed by atoms with Gasteiger partial charge in [0, 0.05) is 25.1 Å². The molecule has 0 radical (unpaired) electrons. The van der Waals surface area contributed by atoms with Gasteiger partial charge in [0.05, 0.1) is 0 Å². The molecule has 0 amide bonds. The smallest absolute Gasteiger partial charge is 0.101 e. The molecule has 4 heteroatoms. The molecular weight excluding hydrogens is 210 g/mol. The highest BCUT2D eigenvalue weighted by Gasteiger charge is 2.06. The lowest BCUT2D eigenvalue weighted by molar-refractivity contribution is 0.175. The summed E-state index contributed by atoms with van der Waals surface area (Å²) in [6.45, 7) is 2.38. The number of ether oxygens (including phenoxy) is 1. The number of rotatable bonds is 8. The summed E-state index contributed by atoms with van der Waals surface area (Å²) < 4.78 is 4.95. The summed E-state index contributed by atoms with van der Waals surface area (Å²) in [6, 6.07) is 3.92. The molecule has 0 aliphatic heterocycles. The van der Waals surface area contributed by atoms with Crippen LogP contribution in [0.5, 0.6) is 0 Å². The molecule has 3 nitrogen and oxygen atoms in total. The number of hydrogen-bond donors (Lipinski definition) is 2. The molecule has 0 saturated carbocycles. The Labute approximate surface area is 95.1 Å². The molecule has 1 aromatic heterocycles. The van der Waals surface area contributed by atoms with Crippen LogP contribution in [0.15, 0.2) is 17.5 Å². The van der Waals surface area contributed by atoms with Crippen molar-refractivity contribution in [2.75, 3.05) is 26.8 Å². The molecule has 1 heterocycles. The summed E-state index contributed by atoms with van der Waals surface area (Å²) in [5.41, 5.74) is 0. The minimum Gasteiger partial charge on any atom is -0.386 e. The van der Waals surface area contributed by atoms with Crippen LogP contribution in [0.2, 0.25) is 0 Å². The first-order chi connectivity index (χ1) is 7.34. The van der Waals surface area contributed by atoms with Crippen LogP contribution in [0.25, 0.3) is 0 Å². The summed E-state index contributed by atoms with van der Waals surface area (Å²) in [5, 5.41) is 15.0. The second-order valence-electron chi connectivity index (χ2n) is 3.44. The summed E-state index contributed by atoms with van der Waals surface area (Å²) in [4.78, 5) is 1.03. The fraction of sp³-hybridized carbons (Fsp3) is 0.636. The standard InChI is InChI=1S/C11H19NO2S/c1-14-7-3-2-6-12-9-10(13)11-5-4-8-15-11/h4-5,8,10,12-13H,2-3,6-7,9H2,1H3. The molecule has 1 aromatic rings. The van der Waals surface area contributed by atoms with Gasteiger partial charge >= 0.3 is 0 Å². The van der Waals surface area contributed by atoms with E-state index in [4.69, 9.17) is 4.74 Å². The van der Waals surface area contributed by atoms with E-state index in [0.29, 0.717) is 6.54 Å². The Morgan fingerprint density at radius 3 is 3.07 bits per heavy atom. The average Bonchev–Trinajstić information content (AvgIpc) is 2.76. The van der Waals surface area contributed by atoms with Gasteiger partial charge in [-0.25, -0.2) is 0 Å². The lowest BCUT2D eigenvalue weighted by Gasteiger charge is -2.09. The summed E-state index contributed by atoms with van der Waals surface area (Å²) in [5.74, 6) is 0. The first-order valence-corrected chi connectivity index (χ1v) is 6.13. The number of nitrogens with one attached hydrogen (secondary N) is 1. The average molecular weight is 229 g/mol. The van der Waals surface area contributed by atoms with E-state index in [1.807, 2.05) is 17.5 Å². The number of hydrogen-bond acceptors (Lipinski definition) is 4. The van der Waals surface area contributed by atoms with Crippen LogP contribution in [0.3, 0.4) is 0 Å². The quantitative estimate of drug-likeness (QED) is 0.668. The van der Waals surface area contributed by atoms with Gasteiger partial charge in [-0.1, -0.05) is 6.07 Å². The van der Waals surface area contributed by atoms with Gasteiger partial charge in [0.2, 0.25) is 0 Å². The Bertz CT molecular complexity index is 239. The Morgan fingerprint density at radius 1 is 1.53 bits per heavy atom. The third-order valence-corrected chi connectivity index (χ3v) is 3.13. The molecule has 0 spiro atoms. The van der Waals surface area contributed by atoms with Crippen molar-refractivity contribution in [3.63, 3.8) is 0 Å². The molecule has 1 rings (SSSR count). The van der Waals surface area contributed by atoms with Gasteiger partial charge in [-0.3, -0.25) is 0 Å². The van der Waals surface area contributed by atoms with Crippen LogP contribution in [-0.2, 0) is 4.74 Å². The van der Waals surface area contributed by atoms with Crippen molar-refractivity contribution in [3.05, 3.63) is 22.4 Å². The minimum absolute atomic E-state index is 0.368. The fourth-order valence-electron chi connectivity index (χ4n) is 1.32. The van der Waals surface area contributed by atoms with Gasteiger partial charge in [-0.2, -0.15) is 0 Å². The van der Waals surface area contributed by atoms with E-state index in [9.17, 15) is 5.11 Å². The van der Waals surface area contributed by atoms with Gasteiger partial charge in [-0.05, 0) is 30.8 Å². The predicted molar refractivity (Wildman–Crippen MR) is 63.3 cm³/mol. The lowest BCUT2D eigenvalue weighted by Crippen LogP contribution is -2.22. The molecule has 1 unspecified atom stereocenters. The zero-order valence-electron chi connectivity index (χ0n) is 9.11. The molecule has 0 bridgehead atoms. The molecule has 0 aromatic carbocycles. The maximum atomic E-state index is 9.74. The zero-order chi connectivity index (χ0) is 10.9. The highest BCUT2D eigenvalue weighted by molar-refractivity contribution is 7.10. The monoisotopic (exact) mass is 229 g/mol. The van der Waals surface area contributed by atoms with E-state index >= 15 is 0 Å². The van der Waals surface area contributed by atoms with Gasteiger partial charge in [-0.15, -0.1) is 11.3 Å². The topological polar surface area (TPSA) is 41.5 Å². The highest BCUT2D eigenvalue weighted by atomic mass is 32.1. The Hall–Kier alpha value is -0.420. The molecule has 2 N–H and O–H groups in total. The van der Waals surface area contributed by atoms with Gasteiger partial charge in [0.1, 0.15) is 6.10 Å². The van der Waals surface area contributed by atoms with Crippen LogP contribution < -0.4 is 5.32 Å². The molecule has 0 saturated heterocycles. The Balaban J connectivity index is 2.00. The van der Waals surface area contributed by atoms with Crippen LogP contribution in [-0.4, -0.2) is 31.9 Å². The summed E-state index contributed by atoms with van der Waals surface area (Å²) in [6.07, 6.45) is 1.79. The van der Waals surface area contributed by atoms with Crippen molar-refractivity contribution < 1.29 is 9.84 Å². The fourth-order valence-corrected chi connectivity index (χ4v) is 2.03. The molecule has 1 atom stereocenters. The van der Waals surface area contributed by atoms with Crippen molar-refractivity contribution in [2.45, 2.75) is 18.9 Å². The van der Waals surface area contributed by atoms with E-state index in [1.54, 1.807) is 18.4 Å². The number of thiophene rings is 1. The normalized spacial score (nSPS) is 12.9. The zero-order valence-corrected chi connectivity index (χ0v) is 9.93. The van der Waals surface area contributed by atoms with Crippen molar-refractivity contribution in [1.29, 1.82) is 0 Å². The third kappa shape index (κ3) is 5.28. The van der Waals surface area contributed by atoms with Gasteiger partial charge in [0.15, 0.2) is 0 Å². The molecule has 0 aliphatic rings. The molecular formula is C11H19NO2S. The van der Waals surface area contributed by atoms with Gasteiger partial charge < -0.3 is 15.2 Å². The molecule has 0 aliphatic carbocycles.